The van der Waals surface area contributed by atoms with Gasteiger partial charge in [-0.05, 0) is 61.5 Å². The molecule has 0 bridgehead atoms. The van der Waals surface area contributed by atoms with Gasteiger partial charge in [0.25, 0.3) is 0 Å². The minimum Gasteiger partial charge on any atom is -0.395 e. The van der Waals surface area contributed by atoms with E-state index in [1.807, 2.05) is 47.9 Å². The molecular weight excluding hydrogens is 471 g/mol. The van der Waals surface area contributed by atoms with Crippen molar-refractivity contribution < 1.29 is 14.3 Å². The molecule has 3 aromatic heterocycles. The van der Waals surface area contributed by atoms with Crippen LogP contribution < -0.4 is 10.6 Å². The van der Waals surface area contributed by atoms with E-state index in [1.54, 1.807) is 17.0 Å². The van der Waals surface area contributed by atoms with Crippen LogP contribution in [-0.4, -0.2) is 72.4 Å². The maximum absolute atomic E-state index is 13.6. The molecule has 35 heavy (non-hydrogen) atoms. The van der Waals surface area contributed by atoms with E-state index in [-0.39, 0.29) is 38.1 Å². The van der Waals surface area contributed by atoms with Crippen LogP contribution >= 0.6 is 11.8 Å². The number of amides is 1. The van der Waals surface area contributed by atoms with Crippen LogP contribution in [0.4, 0.5) is 21.8 Å². The number of halogens is 1. The number of aromatic amines is 1. The van der Waals surface area contributed by atoms with Crippen LogP contribution in [0.2, 0.25) is 0 Å². The van der Waals surface area contributed by atoms with E-state index < -0.39 is 6.17 Å². The van der Waals surface area contributed by atoms with Crippen molar-refractivity contribution in [3.63, 3.8) is 0 Å². The Morgan fingerprint density at radius 2 is 2.11 bits per heavy atom. The molecule has 4 heterocycles. The number of aliphatic hydroxyl groups excluding tert-OH is 1. The first-order chi connectivity index (χ1) is 17.0. The van der Waals surface area contributed by atoms with Crippen molar-refractivity contribution in [2.24, 2.45) is 0 Å². The number of hydrogen-bond acceptors (Lipinski definition) is 8. The van der Waals surface area contributed by atoms with Crippen molar-refractivity contribution in [3.8, 4) is 0 Å². The number of benzene rings is 1. The fourth-order valence-electron chi connectivity index (χ4n) is 4.04. The predicted octanol–water partition coefficient (Wildman–Crippen LogP) is 3.00. The monoisotopic (exact) mass is 496 g/mol. The first-order valence-electron chi connectivity index (χ1n) is 11.2. The van der Waals surface area contributed by atoms with Crippen LogP contribution in [0.3, 0.4) is 0 Å². The molecule has 10 nitrogen and oxygen atoms in total. The van der Waals surface area contributed by atoms with Gasteiger partial charge < -0.3 is 15.7 Å². The lowest BCUT2D eigenvalue weighted by Crippen LogP contribution is -2.38. The van der Waals surface area contributed by atoms with Gasteiger partial charge in [-0.15, -0.1) is 0 Å². The standard InChI is InChI=1S/C23H25FN8O2S/c1-14-9-19(30-29-14)26-22-28-23(27-20-3-2-8-32(20)22)35-18-6-4-16(5-7-18)25-21(34)12-31-11-15(24)10-17(31)13-33/h2-9,15,17,33H,10-13H2,1H3,(H,25,34)(H2,26,27,28,29,30)/t15-,17+/m1/s1. The van der Waals surface area contributed by atoms with Crippen molar-refractivity contribution in [3.05, 3.63) is 54.4 Å². The summed E-state index contributed by atoms with van der Waals surface area (Å²) in [4.78, 5) is 24.2. The summed E-state index contributed by atoms with van der Waals surface area (Å²) >= 11 is 1.40. The Morgan fingerprint density at radius 3 is 2.86 bits per heavy atom. The fraction of sp³-hybridized carbons (Fsp3) is 0.304. The van der Waals surface area contributed by atoms with E-state index in [9.17, 15) is 14.3 Å². The van der Waals surface area contributed by atoms with E-state index in [2.05, 4.69) is 30.8 Å². The van der Waals surface area contributed by atoms with Crippen molar-refractivity contribution >= 4 is 40.8 Å². The Balaban J connectivity index is 1.24. The summed E-state index contributed by atoms with van der Waals surface area (Å²) in [6.07, 6.45) is 1.12. The van der Waals surface area contributed by atoms with Gasteiger partial charge in [-0.3, -0.25) is 19.2 Å². The number of anilines is 3. The Labute approximate surface area is 205 Å². The summed E-state index contributed by atoms with van der Waals surface area (Å²) < 4.78 is 15.5. The molecule has 0 unspecified atom stereocenters. The molecule has 4 aromatic rings. The van der Waals surface area contributed by atoms with E-state index in [1.165, 1.54) is 11.8 Å². The van der Waals surface area contributed by atoms with Crippen LogP contribution in [0.5, 0.6) is 0 Å². The van der Waals surface area contributed by atoms with Gasteiger partial charge in [0.05, 0.1) is 13.2 Å². The molecule has 0 spiro atoms. The highest BCUT2D eigenvalue weighted by Crippen LogP contribution is 2.28. The lowest BCUT2D eigenvalue weighted by atomic mass is 10.2. The summed E-state index contributed by atoms with van der Waals surface area (Å²) in [5, 5.41) is 23.1. The number of alkyl halides is 1. The second-order valence-corrected chi connectivity index (χ2v) is 9.44. The second kappa shape index (κ2) is 10.0. The average molecular weight is 497 g/mol. The van der Waals surface area contributed by atoms with Gasteiger partial charge in [0.15, 0.2) is 11.0 Å². The summed E-state index contributed by atoms with van der Waals surface area (Å²) in [6, 6.07) is 12.7. The van der Waals surface area contributed by atoms with Gasteiger partial charge in [-0.1, -0.05) is 0 Å². The van der Waals surface area contributed by atoms with Crippen molar-refractivity contribution in [1.82, 2.24) is 29.5 Å². The van der Waals surface area contributed by atoms with Crippen LogP contribution in [0.1, 0.15) is 12.1 Å². The van der Waals surface area contributed by atoms with Gasteiger partial charge in [0.2, 0.25) is 11.9 Å². The molecule has 12 heteroatoms. The Kier molecular flexibility index (Phi) is 6.66. The first-order valence-corrected chi connectivity index (χ1v) is 12.0. The molecule has 1 amide bonds. The lowest BCUT2D eigenvalue weighted by Gasteiger charge is -2.21. The third-order valence-electron chi connectivity index (χ3n) is 5.69. The van der Waals surface area contributed by atoms with E-state index in [4.69, 9.17) is 0 Å². The molecule has 1 aliphatic heterocycles. The van der Waals surface area contributed by atoms with Crippen molar-refractivity contribution in [2.45, 2.75) is 35.6 Å². The minimum atomic E-state index is -1.01. The summed E-state index contributed by atoms with van der Waals surface area (Å²) in [5.41, 5.74) is 2.32. The van der Waals surface area contributed by atoms with Gasteiger partial charge in [0, 0.05) is 41.1 Å². The minimum absolute atomic E-state index is 0.0403. The molecule has 2 atom stereocenters. The molecule has 1 saturated heterocycles. The van der Waals surface area contributed by atoms with Gasteiger partial charge in [-0.2, -0.15) is 10.1 Å². The number of aliphatic hydroxyl groups is 1. The Hall–Kier alpha value is -3.48. The van der Waals surface area contributed by atoms with Crippen LogP contribution in [0, 0.1) is 6.92 Å². The normalized spacial score (nSPS) is 18.3. The molecule has 4 N–H and O–H groups in total. The largest absolute Gasteiger partial charge is 0.395 e. The number of carbonyl (C=O) groups is 1. The van der Waals surface area contributed by atoms with Gasteiger partial charge >= 0.3 is 0 Å². The Bertz CT molecular complexity index is 1320. The molecule has 182 valence electrons. The maximum atomic E-state index is 13.6. The van der Waals surface area contributed by atoms with Crippen LogP contribution in [-0.2, 0) is 4.79 Å². The summed E-state index contributed by atoms with van der Waals surface area (Å²) in [7, 11) is 0. The zero-order valence-corrected chi connectivity index (χ0v) is 19.8. The fourth-order valence-corrected chi connectivity index (χ4v) is 4.80. The highest BCUT2D eigenvalue weighted by atomic mass is 32.2. The SMILES string of the molecule is Cc1cc(Nc2nc(Sc3ccc(NC(=O)CN4C[C@H](F)C[C@H]4CO)cc3)nc3cccn23)n[nH]1. The quantitative estimate of drug-likeness (QED) is 0.294. The number of aryl methyl sites for hydroxylation is 1. The molecule has 5 rings (SSSR count). The third-order valence-corrected chi connectivity index (χ3v) is 6.57. The number of nitrogens with zero attached hydrogens (tertiary/aromatic N) is 5. The molecule has 1 aromatic carbocycles. The molecule has 0 radical (unpaired) electrons. The van der Waals surface area contributed by atoms with Crippen molar-refractivity contribution in [1.29, 1.82) is 0 Å². The second-order valence-electron chi connectivity index (χ2n) is 8.40. The summed E-state index contributed by atoms with van der Waals surface area (Å²) in [5.74, 6) is 1.01. The molecule has 1 aliphatic rings. The number of rotatable bonds is 8. The predicted molar refractivity (Wildman–Crippen MR) is 131 cm³/mol. The third kappa shape index (κ3) is 5.45. The molecule has 1 fully saturated rings. The number of fused-ring (bicyclic) bond motifs is 1. The van der Waals surface area contributed by atoms with E-state index in [0.29, 0.717) is 22.6 Å². The first kappa shape index (κ1) is 23.3. The van der Waals surface area contributed by atoms with Crippen LogP contribution in [0.15, 0.2) is 58.7 Å². The van der Waals surface area contributed by atoms with Crippen molar-refractivity contribution in [2.75, 3.05) is 30.3 Å². The number of carbonyl (C=O) groups excluding carboxylic acids is 1. The zero-order chi connectivity index (χ0) is 24.4. The number of hydrogen-bond donors (Lipinski definition) is 4. The van der Waals surface area contributed by atoms with Crippen LogP contribution in [0.25, 0.3) is 5.65 Å². The number of likely N-dealkylation sites (tertiary alicyclic amines) is 1. The summed E-state index contributed by atoms with van der Waals surface area (Å²) in [6.45, 7) is 1.97. The van der Waals surface area contributed by atoms with Gasteiger partial charge in [-0.25, -0.2) is 9.37 Å². The average Bonchev–Trinajstić information content (AvgIpc) is 3.55. The lowest BCUT2D eigenvalue weighted by molar-refractivity contribution is -0.117. The molecule has 0 aliphatic carbocycles. The number of aromatic nitrogens is 5. The van der Waals surface area contributed by atoms with E-state index >= 15 is 0 Å². The number of H-pyrrole nitrogens is 1. The zero-order valence-electron chi connectivity index (χ0n) is 19.0. The van der Waals surface area contributed by atoms with E-state index in [0.717, 1.165) is 16.2 Å². The smallest absolute Gasteiger partial charge is 0.238 e. The highest BCUT2D eigenvalue weighted by molar-refractivity contribution is 7.99. The highest BCUT2D eigenvalue weighted by Gasteiger charge is 2.32. The topological polar surface area (TPSA) is 123 Å². The Morgan fingerprint density at radius 1 is 1.29 bits per heavy atom. The van der Waals surface area contributed by atoms with Gasteiger partial charge in [0.1, 0.15) is 11.8 Å². The molecular formula is C23H25FN8O2S. The number of nitrogens with one attached hydrogen (secondary N) is 3. The molecule has 0 saturated carbocycles. The maximum Gasteiger partial charge on any atom is 0.238 e.